The summed E-state index contributed by atoms with van der Waals surface area (Å²) < 4.78 is 0. The molecule has 0 saturated heterocycles. The lowest BCUT2D eigenvalue weighted by atomic mass is 10.00. The van der Waals surface area contributed by atoms with Crippen molar-refractivity contribution >= 4 is 17.8 Å². The fourth-order valence-electron chi connectivity index (χ4n) is 1.76. The van der Waals surface area contributed by atoms with Gasteiger partial charge in [0.15, 0.2) is 0 Å². The summed E-state index contributed by atoms with van der Waals surface area (Å²) in [5.74, 6) is 0.648. The van der Waals surface area contributed by atoms with Crippen molar-refractivity contribution in [1.82, 2.24) is 4.98 Å². The van der Waals surface area contributed by atoms with Crippen LogP contribution in [0.4, 0.5) is 11.5 Å². The first-order chi connectivity index (χ1) is 7.67. The third-order valence-electron chi connectivity index (χ3n) is 2.58. The molecule has 0 radical (unpaired) electrons. The van der Waals surface area contributed by atoms with Crippen LogP contribution in [0, 0.1) is 0 Å². The number of aliphatic hydroxyl groups is 1. The third kappa shape index (κ3) is 1.55. The highest BCUT2D eigenvalue weighted by molar-refractivity contribution is 5.79. The number of aliphatic hydroxyl groups excluding tert-OH is 1. The second-order valence-corrected chi connectivity index (χ2v) is 3.62. The summed E-state index contributed by atoms with van der Waals surface area (Å²) in [5, 5.41) is 9.94. The Morgan fingerprint density at radius 1 is 1.69 bits per heavy atom. The molecule has 0 aromatic carbocycles. The number of nitrogens with two attached hydrogens (primary N) is 1. The molecule has 1 aromatic heterocycles. The summed E-state index contributed by atoms with van der Waals surface area (Å²) in [6.45, 7) is 2.62. The zero-order valence-corrected chi connectivity index (χ0v) is 8.92. The number of hydrogen-bond acceptors (Lipinski definition) is 5. The Morgan fingerprint density at radius 3 is 3.06 bits per heavy atom. The molecule has 1 aliphatic rings. The molecule has 0 aliphatic carbocycles. The number of hydrogen-bond donors (Lipinski definition) is 2. The van der Waals surface area contributed by atoms with E-state index in [-0.39, 0.29) is 0 Å². The summed E-state index contributed by atoms with van der Waals surface area (Å²) >= 11 is 0. The van der Waals surface area contributed by atoms with E-state index < -0.39 is 6.10 Å². The van der Waals surface area contributed by atoms with E-state index in [9.17, 15) is 9.90 Å². The molecule has 0 spiro atoms. The van der Waals surface area contributed by atoms with Crippen LogP contribution in [0.1, 0.15) is 18.6 Å². The zero-order chi connectivity index (χ0) is 11.7. The first-order valence-electron chi connectivity index (χ1n) is 5.04. The molecule has 0 bridgehead atoms. The van der Waals surface area contributed by atoms with Crippen LogP contribution in [0.15, 0.2) is 24.0 Å². The molecule has 5 heteroatoms. The zero-order valence-electron chi connectivity index (χ0n) is 8.92. The van der Waals surface area contributed by atoms with Crippen LogP contribution in [0.3, 0.4) is 0 Å². The Kier molecular flexibility index (Phi) is 2.62. The molecule has 1 unspecified atom stereocenters. The summed E-state index contributed by atoms with van der Waals surface area (Å²) in [4.78, 5) is 16.8. The number of aldehydes is 1. The molecule has 5 nitrogen and oxygen atoms in total. The number of pyridine rings is 1. The van der Waals surface area contributed by atoms with Crippen molar-refractivity contribution in [2.45, 2.75) is 13.0 Å². The number of nitrogens with zero attached hydrogens (tertiary/aromatic N) is 2. The smallest absolute Gasteiger partial charge is 0.150 e. The minimum absolute atomic E-state index is 0.321. The molecule has 0 fully saturated rings. The maximum Gasteiger partial charge on any atom is 0.150 e. The molecule has 0 amide bonds. The van der Waals surface area contributed by atoms with Crippen LogP contribution < -0.4 is 10.6 Å². The van der Waals surface area contributed by atoms with Crippen molar-refractivity contribution in [3.05, 3.63) is 29.6 Å². The van der Waals surface area contributed by atoms with E-state index in [2.05, 4.69) is 4.98 Å². The van der Waals surface area contributed by atoms with E-state index in [1.165, 1.54) is 6.20 Å². The van der Waals surface area contributed by atoms with Crippen LogP contribution in [0.2, 0.25) is 0 Å². The lowest BCUT2D eigenvalue weighted by molar-refractivity contribution is -0.105. The Bertz CT molecular complexity index is 457. The molecule has 1 aromatic rings. The largest absolute Gasteiger partial charge is 0.397 e. The topological polar surface area (TPSA) is 79.5 Å². The number of carbonyl (C=O) groups excluding carboxylic acids is 1. The van der Waals surface area contributed by atoms with Gasteiger partial charge in [-0.25, -0.2) is 4.98 Å². The Hall–Kier alpha value is -1.88. The van der Waals surface area contributed by atoms with Gasteiger partial charge in [0.05, 0.1) is 11.9 Å². The Balaban J connectivity index is 2.56. The second kappa shape index (κ2) is 3.94. The average molecular weight is 219 g/mol. The Labute approximate surface area is 93.2 Å². The van der Waals surface area contributed by atoms with Crippen LogP contribution >= 0.6 is 0 Å². The van der Waals surface area contributed by atoms with Crippen LogP contribution in [-0.2, 0) is 4.79 Å². The molecular formula is C11H13N3O2. The number of rotatable bonds is 2. The van der Waals surface area contributed by atoms with E-state index in [1.54, 1.807) is 12.3 Å². The number of aromatic nitrogens is 1. The molecule has 1 atom stereocenters. The fraction of sp³-hybridized carbons (Fsp3) is 0.273. The maximum absolute atomic E-state index is 10.8. The van der Waals surface area contributed by atoms with Gasteiger partial charge < -0.3 is 15.7 Å². The van der Waals surface area contributed by atoms with Gasteiger partial charge in [0.1, 0.15) is 18.2 Å². The van der Waals surface area contributed by atoms with Crippen molar-refractivity contribution in [3.63, 3.8) is 0 Å². The molecule has 0 saturated carbocycles. The number of fused-ring (bicyclic) bond motifs is 1. The molecule has 16 heavy (non-hydrogen) atoms. The summed E-state index contributed by atoms with van der Waals surface area (Å²) in [5.41, 5.74) is 6.99. The molecular weight excluding hydrogens is 206 g/mol. The fourth-order valence-corrected chi connectivity index (χ4v) is 1.76. The predicted molar refractivity (Wildman–Crippen MR) is 60.8 cm³/mol. The first kappa shape index (κ1) is 10.6. The van der Waals surface area contributed by atoms with Crippen LogP contribution in [-0.4, -0.2) is 22.9 Å². The molecule has 1 aliphatic heterocycles. The highest BCUT2D eigenvalue weighted by Gasteiger charge is 2.25. The van der Waals surface area contributed by atoms with Gasteiger partial charge in [0, 0.05) is 23.9 Å². The molecule has 84 valence electrons. The monoisotopic (exact) mass is 219 g/mol. The molecule has 2 heterocycles. The van der Waals surface area contributed by atoms with E-state index in [0.29, 0.717) is 35.5 Å². The van der Waals surface area contributed by atoms with Gasteiger partial charge in [-0.3, -0.25) is 4.79 Å². The van der Waals surface area contributed by atoms with Gasteiger partial charge >= 0.3 is 0 Å². The summed E-state index contributed by atoms with van der Waals surface area (Å²) in [6.07, 6.45) is 2.86. The summed E-state index contributed by atoms with van der Waals surface area (Å²) in [6, 6.07) is 1.64. The van der Waals surface area contributed by atoms with Gasteiger partial charge in [-0.15, -0.1) is 0 Å². The number of anilines is 2. The van der Waals surface area contributed by atoms with E-state index in [4.69, 9.17) is 5.73 Å². The SMILES string of the molecule is CCN1C=C(C=O)C(O)c2cc(N)cnc21. The van der Waals surface area contributed by atoms with Crippen molar-refractivity contribution in [1.29, 1.82) is 0 Å². The lowest BCUT2D eigenvalue weighted by Crippen LogP contribution is -2.26. The molecule has 2 rings (SSSR count). The van der Waals surface area contributed by atoms with E-state index in [0.717, 1.165) is 0 Å². The van der Waals surface area contributed by atoms with Gasteiger partial charge in [-0.1, -0.05) is 0 Å². The minimum Gasteiger partial charge on any atom is -0.397 e. The normalized spacial score (nSPS) is 19.0. The highest BCUT2D eigenvalue weighted by Crippen LogP contribution is 2.34. The number of carbonyl (C=O) groups is 1. The summed E-state index contributed by atoms with van der Waals surface area (Å²) in [7, 11) is 0. The van der Waals surface area contributed by atoms with Crippen molar-refractivity contribution in [2.24, 2.45) is 0 Å². The number of nitrogen functional groups attached to an aromatic ring is 1. The quantitative estimate of drug-likeness (QED) is 0.713. The third-order valence-corrected chi connectivity index (χ3v) is 2.58. The van der Waals surface area contributed by atoms with Crippen molar-refractivity contribution < 1.29 is 9.90 Å². The lowest BCUT2D eigenvalue weighted by Gasteiger charge is -2.28. The Morgan fingerprint density at radius 2 is 2.44 bits per heavy atom. The van der Waals surface area contributed by atoms with Gasteiger partial charge in [0.25, 0.3) is 0 Å². The average Bonchev–Trinajstić information content (AvgIpc) is 2.30. The van der Waals surface area contributed by atoms with E-state index in [1.807, 2.05) is 11.8 Å². The first-order valence-corrected chi connectivity index (χ1v) is 5.04. The van der Waals surface area contributed by atoms with E-state index >= 15 is 0 Å². The van der Waals surface area contributed by atoms with Gasteiger partial charge in [-0.05, 0) is 13.0 Å². The predicted octanol–water partition coefficient (Wildman–Crippen LogP) is 0.620. The van der Waals surface area contributed by atoms with Crippen LogP contribution in [0.25, 0.3) is 0 Å². The second-order valence-electron chi connectivity index (χ2n) is 3.62. The van der Waals surface area contributed by atoms with Gasteiger partial charge in [0.2, 0.25) is 0 Å². The highest BCUT2D eigenvalue weighted by atomic mass is 16.3. The van der Waals surface area contributed by atoms with Crippen LogP contribution in [0.5, 0.6) is 0 Å². The van der Waals surface area contributed by atoms with Crippen molar-refractivity contribution in [2.75, 3.05) is 17.2 Å². The minimum atomic E-state index is -0.939. The standard InChI is InChI=1S/C11H13N3O2/c1-2-14-5-7(6-15)10(16)9-3-8(12)4-13-11(9)14/h3-6,10,16H,2,12H2,1H3. The molecule has 3 N–H and O–H groups in total. The van der Waals surface area contributed by atoms with Gasteiger partial charge in [-0.2, -0.15) is 0 Å². The van der Waals surface area contributed by atoms with Crippen molar-refractivity contribution in [3.8, 4) is 0 Å². The maximum atomic E-state index is 10.8.